The molecule has 2 aromatic rings. The number of hydrogen-bond acceptors (Lipinski definition) is 2. The number of alkyl halides is 3. The standard InChI is InChI=1S/C16H20F3N5/c1-10(2)11-5-4-6-13(7-11)22-15(20)21-8-12-9-24(3)23-14(12)16(17,18)19/h4-7,9-10H,8H2,1-3H3,(H3,20,21,22). The number of nitrogens with zero attached hydrogens (tertiary/aromatic N) is 3. The maximum absolute atomic E-state index is 12.9. The summed E-state index contributed by atoms with van der Waals surface area (Å²) in [5.74, 6) is 0.405. The summed E-state index contributed by atoms with van der Waals surface area (Å²) in [6, 6.07) is 7.62. The van der Waals surface area contributed by atoms with Crippen molar-refractivity contribution in [3.63, 3.8) is 0 Å². The number of nitrogens with two attached hydrogens (primary N) is 1. The number of rotatable bonds is 4. The van der Waals surface area contributed by atoms with Crippen LogP contribution in [0.4, 0.5) is 18.9 Å². The summed E-state index contributed by atoms with van der Waals surface area (Å²) in [7, 11) is 1.43. The fourth-order valence-corrected chi connectivity index (χ4v) is 2.23. The molecule has 0 saturated heterocycles. The van der Waals surface area contributed by atoms with Gasteiger partial charge in [0.25, 0.3) is 0 Å². The van der Waals surface area contributed by atoms with Gasteiger partial charge >= 0.3 is 6.18 Å². The summed E-state index contributed by atoms with van der Waals surface area (Å²) in [5.41, 5.74) is 6.68. The number of hydrogen-bond donors (Lipinski definition) is 2. The Morgan fingerprint density at radius 2 is 2.08 bits per heavy atom. The van der Waals surface area contributed by atoms with Gasteiger partial charge in [-0.25, -0.2) is 4.99 Å². The van der Waals surface area contributed by atoms with E-state index in [1.807, 2.05) is 24.3 Å². The molecule has 0 amide bonds. The van der Waals surface area contributed by atoms with Gasteiger partial charge in [0, 0.05) is 24.5 Å². The van der Waals surface area contributed by atoms with Crippen LogP contribution < -0.4 is 11.1 Å². The Kier molecular flexibility index (Phi) is 5.16. The third-order valence-electron chi connectivity index (χ3n) is 3.42. The molecule has 0 atom stereocenters. The Morgan fingerprint density at radius 3 is 2.71 bits per heavy atom. The molecule has 0 saturated carbocycles. The zero-order valence-electron chi connectivity index (χ0n) is 13.7. The maximum Gasteiger partial charge on any atom is 0.435 e. The lowest BCUT2D eigenvalue weighted by Crippen LogP contribution is -2.22. The highest BCUT2D eigenvalue weighted by Crippen LogP contribution is 2.30. The molecule has 0 aliphatic rings. The number of aromatic nitrogens is 2. The van der Waals surface area contributed by atoms with E-state index in [0.29, 0.717) is 5.92 Å². The summed E-state index contributed by atoms with van der Waals surface area (Å²) >= 11 is 0. The van der Waals surface area contributed by atoms with Gasteiger partial charge < -0.3 is 11.1 Å². The van der Waals surface area contributed by atoms with E-state index in [1.54, 1.807) is 0 Å². The van der Waals surface area contributed by atoms with Crippen LogP contribution in [0.1, 0.15) is 36.6 Å². The quantitative estimate of drug-likeness (QED) is 0.662. The molecule has 0 fully saturated rings. The number of aryl methyl sites for hydroxylation is 1. The average molecular weight is 339 g/mol. The molecule has 0 aliphatic carbocycles. The van der Waals surface area contributed by atoms with Crippen molar-refractivity contribution in [2.24, 2.45) is 17.8 Å². The minimum atomic E-state index is -4.51. The summed E-state index contributed by atoms with van der Waals surface area (Å²) in [6.07, 6.45) is -3.22. The van der Waals surface area contributed by atoms with E-state index < -0.39 is 11.9 Å². The van der Waals surface area contributed by atoms with Gasteiger partial charge in [-0.1, -0.05) is 26.0 Å². The first-order valence-corrected chi connectivity index (χ1v) is 7.43. The smallest absolute Gasteiger partial charge is 0.370 e. The molecule has 0 radical (unpaired) electrons. The van der Waals surface area contributed by atoms with Gasteiger partial charge in [0.1, 0.15) is 0 Å². The van der Waals surface area contributed by atoms with E-state index in [-0.39, 0.29) is 18.1 Å². The van der Waals surface area contributed by atoms with Crippen LogP contribution in [0, 0.1) is 0 Å². The van der Waals surface area contributed by atoms with E-state index in [9.17, 15) is 13.2 Å². The Bertz CT molecular complexity index is 732. The zero-order chi connectivity index (χ0) is 17.9. The second-order valence-electron chi connectivity index (χ2n) is 5.78. The Morgan fingerprint density at radius 1 is 1.38 bits per heavy atom. The summed E-state index contributed by atoms with van der Waals surface area (Å²) in [4.78, 5) is 3.98. The molecule has 1 aromatic carbocycles. The van der Waals surface area contributed by atoms with E-state index >= 15 is 0 Å². The van der Waals surface area contributed by atoms with Crippen LogP contribution in [-0.4, -0.2) is 15.7 Å². The third-order valence-corrected chi connectivity index (χ3v) is 3.42. The molecule has 0 spiro atoms. The lowest BCUT2D eigenvalue weighted by Gasteiger charge is -2.10. The highest BCUT2D eigenvalue weighted by molar-refractivity contribution is 5.92. The van der Waals surface area contributed by atoms with Crippen LogP contribution in [0.25, 0.3) is 0 Å². The normalized spacial score (nSPS) is 12.7. The minimum Gasteiger partial charge on any atom is -0.370 e. The van der Waals surface area contributed by atoms with Crippen molar-refractivity contribution in [3.8, 4) is 0 Å². The van der Waals surface area contributed by atoms with Crippen molar-refractivity contribution in [2.75, 3.05) is 5.32 Å². The largest absolute Gasteiger partial charge is 0.435 e. The van der Waals surface area contributed by atoms with E-state index in [2.05, 4.69) is 29.3 Å². The second kappa shape index (κ2) is 6.94. The van der Waals surface area contributed by atoms with Gasteiger partial charge in [0.15, 0.2) is 11.7 Å². The van der Waals surface area contributed by atoms with E-state index in [4.69, 9.17) is 5.73 Å². The molecule has 1 aromatic heterocycles. The molecule has 0 bridgehead atoms. The lowest BCUT2D eigenvalue weighted by molar-refractivity contribution is -0.142. The summed E-state index contributed by atoms with van der Waals surface area (Å²) in [5, 5.41) is 6.33. The third kappa shape index (κ3) is 4.50. The van der Waals surface area contributed by atoms with Crippen molar-refractivity contribution in [1.82, 2.24) is 9.78 Å². The first kappa shape index (κ1) is 17.8. The molecule has 24 heavy (non-hydrogen) atoms. The first-order valence-electron chi connectivity index (χ1n) is 7.43. The monoisotopic (exact) mass is 339 g/mol. The van der Waals surface area contributed by atoms with Gasteiger partial charge in [-0.3, -0.25) is 4.68 Å². The number of nitrogens with one attached hydrogen (secondary N) is 1. The molecule has 2 rings (SSSR count). The molecular formula is C16H20F3N5. The SMILES string of the molecule is CC(C)c1cccc(NC(N)=NCc2cn(C)nc2C(F)(F)F)c1. The van der Waals surface area contributed by atoms with Crippen LogP contribution in [0.3, 0.4) is 0 Å². The lowest BCUT2D eigenvalue weighted by atomic mass is 10.0. The van der Waals surface area contributed by atoms with Crippen molar-refractivity contribution in [2.45, 2.75) is 32.5 Å². The number of anilines is 1. The maximum atomic E-state index is 12.9. The Labute approximate surface area is 138 Å². The molecular weight excluding hydrogens is 319 g/mol. The highest BCUT2D eigenvalue weighted by Gasteiger charge is 2.36. The van der Waals surface area contributed by atoms with Crippen LogP contribution in [0.5, 0.6) is 0 Å². The van der Waals surface area contributed by atoms with Crippen molar-refractivity contribution in [1.29, 1.82) is 0 Å². The van der Waals surface area contributed by atoms with E-state index in [0.717, 1.165) is 15.9 Å². The zero-order valence-corrected chi connectivity index (χ0v) is 13.7. The van der Waals surface area contributed by atoms with Crippen LogP contribution in [0.2, 0.25) is 0 Å². The van der Waals surface area contributed by atoms with Gasteiger partial charge in [-0.05, 0) is 23.6 Å². The fraction of sp³-hybridized carbons (Fsp3) is 0.375. The topological polar surface area (TPSA) is 68.2 Å². The Balaban J connectivity index is 2.11. The minimum absolute atomic E-state index is 0.0225. The molecule has 1 heterocycles. The predicted octanol–water partition coefficient (Wildman–Crippen LogP) is 3.49. The van der Waals surface area contributed by atoms with Gasteiger partial charge in [-0.15, -0.1) is 0 Å². The number of halogens is 3. The molecule has 0 aliphatic heterocycles. The van der Waals surface area contributed by atoms with Gasteiger partial charge in [0.2, 0.25) is 0 Å². The molecule has 3 N–H and O–H groups in total. The molecule has 8 heteroatoms. The van der Waals surface area contributed by atoms with Crippen molar-refractivity contribution in [3.05, 3.63) is 47.3 Å². The summed E-state index contributed by atoms with van der Waals surface area (Å²) < 4.78 is 39.8. The molecule has 5 nitrogen and oxygen atoms in total. The van der Waals surface area contributed by atoms with Crippen molar-refractivity contribution >= 4 is 11.6 Å². The van der Waals surface area contributed by atoms with E-state index in [1.165, 1.54) is 13.2 Å². The number of guanidine groups is 1. The summed E-state index contributed by atoms with van der Waals surface area (Å²) in [6.45, 7) is 3.93. The van der Waals surface area contributed by atoms with Gasteiger partial charge in [0.05, 0.1) is 6.54 Å². The molecule has 130 valence electrons. The first-order chi connectivity index (χ1) is 11.2. The van der Waals surface area contributed by atoms with Gasteiger partial charge in [-0.2, -0.15) is 18.3 Å². The highest BCUT2D eigenvalue weighted by atomic mass is 19.4. The van der Waals surface area contributed by atoms with Crippen LogP contribution >= 0.6 is 0 Å². The number of benzene rings is 1. The average Bonchev–Trinajstić information content (AvgIpc) is 2.86. The Hall–Kier alpha value is -2.51. The van der Waals surface area contributed by atoms with Crippen molar-refractivity contribution < 1.29 is 13.2 Å². The van der Waals surface area contributed by atoms with Crippen LogP contribution in [-0.2, 0) is 19.8 Å². The predicted molar refractivity (Wildman–Crippen MR) is 87.7 cm³/mol. The van der Waals surface area contributed by atoms with Crippen LogP contribution in [0.15, 0.2) is 35.5 Å². The fourth-order valence-electron chi connectivity index (χ4n) is 2.23. The molecule has 0 unspecified atom stereocenters. The number of aliphatic imine (C=N–C) groups is 1. The second-order valence-corrected chi connectivity index (χ2v) is 5.78.